The highest BCUT2D eigenvalue weighted by Gasteiger charge is 2.36. The molecule has 2 aromatic carbocycles. The molecule has 1 unspecified atom stereocenters. The van der Waals surface area contributed by atoms with Gasteiger partial charge in [0, 0.05) is 24.7 Å². The molecule has 36 heavy (non-hydrogen) atoms. The topological polar surface area (TPSA) is 77.4 Å². The lowest BCUT2D eigenvalue weighted by atomic mass is 9.97. The molecule has 0 aliphatic rings. The molecule has 0 fully saturated rings. The Balaban J connectivity index is 1.92. The molecule has 1 amide bonds. The summed E-state index contributed by atoms with van der Waals surface area (Å²) in [4.78, 5) is 38.0. The summed E-state index contributed by atoms with van der Waals surface area (Å²) >= 11 is 0. The van der Waals surface area contributed by atoms with Gasteiger partial charge in [0.1, 0.15) is 6.04 Å². The van der Waals surface area contributed by atoms with Gasteiger partial charge in [0.15, 0.2) is 0 Å². The number of rotatable bonds is 6. The molecule has 0 bridgehead atoms. The van der Waals surface area contributed by atoms with Crippen molar-refractivity contribution in [1.29, 1.82) is 0 Å². The number of alkyl halides is 3. The molecule has 0 saturated carbocycles. The van der Waals surface area contributed by atoms with E-state index in [1.165, 1.54) is 45.3 Å². The number of amides is 1. The Labute approximate surface area is 206 Å². The summed E-state index contributed by atoms with van der Waals surface area (Å²) < 4.78 is 47.1. The molecule has 6 nitrogen and oxygen atoms in total. The summed E-state index contributed by atoms with van der Waals surface area (Å²) in [5.41, 5.74) is 0.586. The van der Waals surface area contributed by atoms with Crippen LogP contribution in [0, 0.1) is 20.8 Å². The van der Waals surface area contributed by atoms with Gasteiger partial charge in [0.25, 0.3) is 11.5 Å². The predicted octanol–water partition coefficient (Wildman–Crippen LogP) is 4.51. The number of benzene rings is 2. The fraction of sp³-hybridized carbons (Fsp3) is 0.296. The van der Waals surface area contributed by atoms with Crippen LogP contribution in [-0.4, -0.2) is 29.6 Å². The normalized spacial score (nSPS) is 12.2. The van der Waals surface area contributed by atoms with Crippen LogP contribution in [0.5, 0.6) is 0 Å². The fourth-order valence-electron chi connectivity index (χ4n) is 4.11. The Morgan fingerprint density at radius 1 is 1.03 bits per heavy atom. The third-order valence-corrected chi connectivity index (χ3v) is 6.16. The minimum atomic E-state index is -4.71. The molecule has 3 aromatic rings. The molecule has 1 heterocycles. The number of carbonyl (C=O) groups excluding carboxylic acids is 2. The van der Waals surface area contributed by atoms with Crippen LogP contribution in [0.1, 0.15) is 38.3 Å². The Bertz CT molecular complexity index is 1340. The maximum absolute atomic E-state index is 13.7. The van der Waals surface area contributed by atoms with Crippen molar-refractivity contribution in [3.05, 3.63) is 92.4 Å². The summed E-state index contributed by atoms with van der Waals surface area (Å²) in [6, 6.07) is 11.2. The van der Waals surface area contributed by atoms with E-state index in [4.69, 9.17) is 4.74 Å². The number of pyridine rings is 1. The zero-order valence-corrected chi connectivity index (χ0v) is 20.6. The Hall–Kier alpha value is -3.88. The molecule has 1 aromatic heterocycles. The summed E-state index contributed by atoms with van der Waals surface area (Å²) in [7, 11) is 2.62. The van der Waals surface area contributed by atoms with Crippen LogP contribution in [0.3, 0.4) is 0 Å². The molecule has 0 saturated heterocycles. The number of hydrogen-bond donors (Lipinski definition) is 1. The number of nitrogens with one attached hydrogen (secondary N) is 1. The first-order chi connectivity index (χ1) is 16.8. The molecule has 3 rings (SSSR count). The highest BCUT2D eigenvalue weighted by atomic mass is 19.4. The second-order valence-electron chi connectivity index (χ2n) is 8.65. The highest BCUT2D eigenvalue weighted by Crippen LogP contribution is 2.35. The van der Waals surface area contributed by atoms with Crippen molar-refractivity contribution < 1.29 is 27.5 Å². The van der Waals surface area contributed by atoms with Crippen LogP contribution in [0.25, 0.3) is 11.1 Å². The van der Waals surface area contributed by atoms with Gasteiger partial charge in [-0.15, -0.1) is 0 Å². The number of aromatic nitrogens is 1. The molecule has 1 N–H and O–H groups in total. The van der Waals surface area contributed by atoms with E-state index in [0.29, 0.717) is 11.1 Å². The third-order valence-electron chi connectivity index (χ3n) is 6.16. The quantitative estimate of drug-likeness (QED) is 0.506. The van der Waals surface area contributed by atoms with E-state index in [-0.39, 0.29) is 17.7 Å². The van der Waals surface area contributed by atoms with Crippen LogP contribution < -0.4 is 10.9 Å². The van der Waals surface area contributed by atoms with Crippen molar-refractivity contribution in [3.8, 4) is 11.1 Å². The SMILES string of the molecule is COC(=O)C(Cc1ccc(-c2c(C(F)(F)F)cc(C)n(C)c2=O)cc1)NC(=O)c1c(C)cccc1C. The van der Waals surface area contributed by atoms with Gasteiger partial charge in [0.05, 0.1) is 18.2 Å². The van der Waals surface area contributed by atoms with E-state index >= 15 is 0 Å². The fourth-order valence-corrected chi connectivity index (χ4v) is 4.11. The summed E-state index contributed by atoms with van der Waals surface area (Å²) in [6.07, 6.45) is -4.66. The Morgan fingerprint density at radius 3 is 2.14 bits per heavy atom. The lowest BCUT2D eigenvalue weighted by molar-refractivity contribution is -0.143. The van der Waals surface area contributed by atoms with E-state index in [1.807, 2.05) is 6.07 Å². The van der Waals surface area contributed by atoms with Crippen molar-refractivity contribution in [2.24, 2.45) is 7.05 Å². The maximum atomic E-state index is 13.7. The molecule has 0 spiro atoms. The van der Waals surface area contributed by atoms with Gasteiger partial charge in [-0.1, -0.05) is 42.5 Å². The minimum absolute atomic E-state index is 0.0433. The largest absolute Gasteiger partial charge is 0.467 e. The number of hydrogen-bond acceptors (Lipinski definition) is 4. The van der Waals surface area contributed by atoms with Gasteiger partial charge < -0.3 is 14.6 Å². The van der Waals surface area contributed by atoms with E-state index in [1.54, 1.807) is 26.0 Å². The first kappa shape index (κ1) is 26.7. The average molecular weight is 501 g/mol. The molecule has 0 radical (unpaired) electrons. The summed E-state index contributed by atoms with van der Waals surface area (Å²) in [6.45, 7) is 5.01. The van der Waals surface area contributed by atoms with Crippen LogP contribution >= 0.6 is 0 Å². The Morgan fingerprint density at radius 2 is 1.61 bits per heavy atom. The summed E-state index contributed by atoms with van der Waals surface area (Å²) in [5.74, 6) is -1.10. The molecular formula is C27H27F3N2O4. The predicted molar refractivity (Wildman–Crippen MR) is 130 cm³/mol. The van der Waals surface area contributed by atoms with Gasteiger partial charge in [-0.05, 0) is 49.1 Å². The standard InChI is InChI=1S/C27H27F3N2O4/c1-15-7-6-8-16(2)22(15)24(33)31-21(26(35)36-5)14-18-9-11-19(12-10-18)23-20(27(28,29)30)13-17(3)32(4)25(23)34/h6-13,21H,14H2,1-5H3,(H,31,33). The van der Waals surface area contributed by atoms with Crippen molar-refractivity contribution in [2.75, 3.05) is 7.11 Å². The van der Waals surface area contributed by atoms with Crippen LogP contribution in [-0.2, 0) is 29.2 Å². The van der Waals surface area contributed by atoms with Crippen molar-refractivity contribution in [2.45, 2.75) is 39.4 Å². The van der Waals surface area contributed by atoms with E-state index in [2.05, 4.69) is 5.32 Å². The van der Waals surface area contributed by atoms with E-state index < -0.39 is 40.8 Å². The van der Waals surface area contributed by atoms with Crippen LogP contribution in [0.15, 0.2) is 53.3 Å². The first-order valence-electron chi connectivity index (χ1n) is 11.2. The number of aryl methyl sites for hydroxylation is 3. The van der Waals surface area contributed by atoms with Gasteiger partial charge >= 0.3 is 12.1 Å². The van der Waals surface area contributed by atoms with Gasteiger partial charge in [-0.3, -0.25) is 9.59 Å². The van der Waals surface area contributed by atoms with Crippen LogP contribution in [0.4, 0.5) is 13.2 Å². The second-order valence-corrected chi connectivity index (χ2v) is 8.65. The molecular weight excluding hydrogens is 473 g/mol. The zero-order valence-electron chi connectivity index (χ0n) is 20.6. The number of ether oxygens (including phenoxy) is 1. The number of methoxy groups -OCH3 is 1. The number of esters is 1. The Kier molecular flexibility index (Phi) is 7.71. The van der Waals surface area contributed by atoms with Gasteiger partial charge in [-0.2, -0.15) is 13.2 Å². The van der Waals surface area contributed by atoms with Gasteiger partial charge in [0.2, 0.25) is 0 Å². The molecule has 0 aliphatic carbocycles. The third kappa shape index (κ3) is 5.50. The lowest BCUT2D eigenvalue weighted by Gasteiger charge is -2.19. The van der Waals surface area contributed by atoms with Crippen molar-refractivity contribution >= 4 is 11.9 Å². The van der Waals surface area contributed by atoms with Crippen LogP contribution in [0.2, 0.25) is 0 Å². The number of halogens is 3. The van der Waals surface area contributed by atoms with E-state index in [9.17, 15) is 27.6 Å². The number of carbonyl (C=O) groups is 2. The smallest absolute Gasteiger partial charge is 0.417 e. The second kappa shape index (κ2) is 10.4. The lowest BCUT2D eigenvalue weighted by Crippen LogP contribution is -2.43. The summed E-state index contributed by atoms with van der Waals surface area (Å²) in [5, 5.41) is 2.70. The monoisotopic (exact) mass is 500 g/mol. The molecule has 190 valence electrons. The van der Waals surface area contributed by atoms with Crippen molar-refractivity contribution in [3.63, 3.8) is 0 Å². The minimum Gasteiger partial charge on any atom is -0.467 e. The number of nitrogens with zero attached hydrogens (tertiary/aromatic N) is 1. The molecule has 9 heteroatoms. The van der Waals surface area contributed by atoms with Crippen molar-refractivity contribution in [1.82, 2.24) is 9.88 Å². The average Bonchev–Trinajstić information content (AvgIpc) is 2.81. The zero-order chi connectivity index (χ0) is 26.8. The highest BCUT2D eigenvalue weighted by molar-refractivity contribution is 5.99. The molecule has 1 atom stereocenters. The molecule has 0 aliphatic heterocycles. The van der Waals surface area contributed by atoms with Gasteiger partial charge in [-0.25, -0.2) is 4.79 Å². The first-order valence-corrected chi connectivity index (χ1v) is 11.2. The van der Waals surface area contributed by atoms with E-state index in [0.717, 1.165) is 21.8 Å². The maximum Gasteiger partial charge on any atom is 0.417 e.